The van der Waals surface area contributed by atoms with E-state index in [1.807, 2.05) is 6.07 Å². The average molecular weight is 225 g/mol. The van der Waals surface area contributed by atoms with Gasteiger partial charge in [-0.05, 0) is 24.6 Å². The van der Waals surface area contributed by atoms with Gasteiger partial charge < -0.3 is 9.64 Å². The number of anilines is 1. The topological polar surface area (TPSA) is 12.5 Å². The van der Waals surface area contributed by atoms with Crippen molar-refractivity contribution in [1.82, 2.24) is 0 Å². The molecular weight excluding hydrogens is 210 g/mol. The maximum atomic E-state index is 5.85. The third-order valence-electron chi connectivity index (χ3n) is 3.14. The molecule has 0 radical (unpaired) electrons. The van der Waals surface area contributed by atoms with Gasteiger partial charge in [-0.2, -0.15) is 0 Å². The molecule has 0 aromatic heterocycles. The van der Waals surface area contributed by atoms with Crippen LogP contribution in [0.3, 0.4) is 0 Å². The summed E-state index contributed by atoms with van der Waals surface area (Å²) in [6.45, 7) is 3.64. The lowest BCUT2D eigenvalue weighted by atomic mass is 10.1. The molecule has 3 rings (SSSR count). The molecule has 2 aromatic carbocycles. The van der Waals surface area contributed by atoms with Crippen LogP contribution in [0.4, 0.5) is 5.69 Å². The van der Waals surface area contributed by atoms with Crippen LogP contribution < -0.4 is 9.64 Å². The molecular formula is C15H15NO. The Balaban J connectivity index is 1.91. The Morgan fingerprint density at radius 2 is 1.82 bits per heavy atom. The van der Waals surface area contributed by atoms with Gasteiger partial charge in [0.1, 0.15) is 5.75 Å². The molecule has 1 aliphatic heterocycles. The Bertz CT molecular complexity index is 522. The van der Waals surface area contributed by atoms with Crippen molar-refractivity contribution in [3.8, 4) is 5.75 Å². The summed E-state index contributed by atoms with van der Waals surface area (Å²) in [5, 5.41) is 0. The number of benzene rings is 2. The van der Waals surface area contributed by atoms with Gasteiger partial charge in [-0.25, -0.2) is 0 Å². The van der Waals surface area contributed by atoms with E-state index < -0.39 is 0 Å². The van der Waals surface area contributed by atoms with Gasteiger partial charge >= 0.3 is 0 Å². The van der Waals surface area contributed by atoms with Gasteiger partial charge in [0.2, 0.25) is 0 Å². The van der Waals surface area contributed by atoms with Crippen LogP contribution >= 0.6 is 0 Å². The molecule has 0 spiro atoms. The predicted molar refractivity (Wildman–Crippen MR) is 69.3 cm³/mol. The van der Waals surface area contributed by atoms with Gasteiger partial charge in [0.15, 0.2) is 6.73 Å². The molecule has 1 heterocycles. The summed E-state index contributed by atoms with van der Waals surface area (Å²) in [7, 11) is 0. The zero-order valence-electron chi connectivity index (χ0n) is 9.89. The lowest BCUT2D eigenvalue weighted by Gasteiger charge is -2.31. The number of nitrogens with zero attached hydrogens (tertiary/aromatic N) is 1. The minimum atomic E-state index is 0.627. The van der Waals surface area contributed by atoms with Crippen molar-refractivity contribution < 1.29 is 4.74 Å². The van der Waals surface area contributed by atoms with Gasteiger partial charge in [-0.1, -0.05) is 36.4 Å². The molecule has 0 saturated carbocycles. The first-order valence-corrected chi connectivity index (χ1v) is 5.86. The SMILES string of the molecule is Cc1cccc2c1OCN(c1ccccc1)C2. The summed E-state index contributed by atoms with van der Waals surface area (Å²) in [5.74, 6) is 1.06. The fourth-order valence-electron chi connectivity index (χ4n) is 2.24. The van der Waals surface area contributed by atoms with Gasteiger partial charge in [-0.3, -0.25) is 0 Å². The third kappa shape index (κ3) is 1.86. The minimum absolute atomic E-state index is 0.627. The van der Waals surface area contributed by atoms with Gasteiger partial charge in [0, 0.05) is 17.8 Å². The van der Waals surface area contributed by atoms with E-state index in [1.165, 1.54) is 16.8 Å². The lowest BCUT2D eigenvalue weighted by Crippen LogP contribution is -2.32. The second-order valence-corrected chi connectivity index (χ2v) is 4.37. The summed E-state index contributed by atoms with van der Waals surface area (Å²) >= 11 is 0. The normalized spacial score (nSPS) is 14.1. The summed E-state index contributed by atoms with van der Waals surface area (Å²) in [6, 6.07) is 16.7. The predicted octanol–water partition coefficient (Wildman–Crippen LogP) is 3.35. The minimum Gasteiger partial charge on any atom is -0.472 e. The van der Waals surface area contributed by atoms with Crippen LogP contribution in [-0.2, 0) is 6.54 Å². The van der Waals surface area contributed by atoms with E-state index in [-0.39, 0.29) is 0 Å². The first kappa shape index (κ1) is 10.2. The Hall–Kier alpha value is -1.96. The van der Waals surface area contributed by atoms with Crippen molar-refractivity contribution in [1.29, 1.82) is 0 Å². The summed E-state index contributed by atoms with van der Waals surface area (Å²) in [6.07, 6.45) is 0. The van der Waals surface area contributed by atoms with Crippen LogP contribution in [0.5, 0.6) is 5.75 Å². The highest BCUT2D eigenvalue weighted by atomic mass is 16.5. The molecule has 0 atom stereocenters. The van der Waals surface area contributed by atoms with Gasteiger partial charge in [-0.15, -0.1) is 0 Å². The largest absolute Gasteiger partial charge is 0.472 e. The molecule has 17 heavy (non-hydrogen) atoms. The zero-order valence-corrected chi connectivity index (χ0v) is 9.89. The zero-order chi connectivity index (χ0) is 11.7. The number of ether oxygens (including phenoxy) is 1. The average Bonchev–Trinajstić information content (AvgIpc) is 2.40. The van der Waals surface area contributed by atoms with Crippen molar-refractivity contribution in [3.05, 3.63) is 59.7 Å². The molecule has 0 saturated heterocycles. The van der Waals surface area contributed by atoms with Crippen molar-refractivity contribution in [2.45, 2.75) is 13.5 Å². The first-order valence-electron chi connectivity index (χ1n) is 5.86. The van der Waals surface area contributed by atoms with E-state index in [1.54, 1.807) is 0 Å². The highest BCUT2D eigenvalue weighted by Gasteiger charge is 2.18. The number of fused-ring (bicyclic) bond motifs is 1. The van der Waals surface area contributed by atoms with E-state index in [0.29, 0.717) is 6.73 Å². The Labute approximate surface area is 101 Å². The van der Waals surface area contributed by atoms with E-state index >= 15 is 0 Å². The first-order chi connectivity index (χ1) is 8.34. The highest BCUT2D eigenvalue weighted by Crippen LogP contribution is 2.30. The molecule has 2 aromatic rings. The fraction of sp³-hybridized carbons (Fsp3) is 0.200. The molecule has 0 amide bonds. The number of rotatable bonds is 1. The molecule has 86 valence electrons. The molecule has 0 aliphatic carbocycles. The summed E-state index contributed by atoms with van der Waals surface area (Å²) < 4.78 is 5.85. The van der Waals surface area contributed by atoms with Crippen LogP contribution in [-0.4, -0.2) is 6.73 Å². The molecule has 2 heteroatoms. The van der Waals surface area contributed by atoms with E-state index in [0.717, 1.165) is 12.3 Å². The molecule has 0 fully saturated rings. The van der Waals surface area contributed by atoms with Crippen molar-refractivity contribution >= 4 is 5.69 Å². The number of hydrogen-bond donors (Lipinski definition) is 0. The number of aryl methyl sites for hydroxylation is 1. The van der Waals surface area contributed by atoms with Crippen molar-refractivity contribution in [2.24, 2.45) is 0 Å². The van der Waals surface area contributed by atoms with Gasteiger partial charge in [0.05, 0.1) is 0 Å². The summed E-state index contributed by atoms with van der Waals surface area (Å²) in [4.78, 5) is 2.24. The molecule has 1 aliphatic rings. The van der Waals surface area contributed by atoms with Crippen LogP contribution in [0.25, 0.3) is 0 Å². The second-order valence-electron chi connectivity index (χ2n) is 4.37. The van der Waals surface area contributed by atoms with Crippen LogP contribution in [0, 0.1) is 6.92 Å². The molecule has 2 nitrogen and oxygen atoms in total. The van der Waals surface area contributed by atoms with Crippen molar-refractivity contribution in [3.63, 3.8) is 0 Å². The van der Waals surface area contributed by atoms with E-state index in [9.17, 15) is 0 Å². The standard InChI is InChI=1S/C15H15NO/c1-12-6-5-7-13-10-16(11-17-15(12)13)14-8-3-2-4-9-14/h2-9H,10-11H2,1H3. The van der Waals surface area contributed by atoms with Crippen LogP contribution in [0.1, 0.15) is 11.1 Å². The van der Waals surface area contributed by atoms with E-state index in [4.69, 9.17) is 4.74 Å². The lowest BCUT2D eigenvalue weighted by molar-refractivity contribution is 0.287. The second kappa shape index (κ2) is 4.13. The van der Waals surface area contributed by atoms with E-state index in [2.05, 4.69) is 54.3 Å². The Morgan fingerprint density at radius 3 is 2.65 bits per heavy atom. The fourth-order valence-corrected chi connectivity index (χ4v) is 2.24. The maximum Gasteiger partial charge on any atom is 0.161 e. The molecule has 0 unspecified atom stereocenters. The number of para-hydroxylation sites is 2. The Kier molecular flexibility index (Phi) is 2.48. The van der Waals surface area contributed by atoms with Gasteiger partial charge in [0.25, 0.3) is 0 Å². The quantitative estimate of drug-likeness (QED) is 0.738. The Morgan fingerprint density at radius 1 is 1.00 bits per heavy atom. The maximum absolute atomic E-state index is 5.85. The van der Waals surface area contributed by atoms with Crippen molar-refractivity contribution in [2.75, 3.05) is 11.6 Å². The monoisotopic (exact) mass is 225 g/mol. The third-order valence-corrected chi connectivity index (χ3v) is 3.14. The number of hydrogen-bond acceptors (Lipinski definition) is 2. The molecule has 0 N–H and O–H groups in total. The smallest absolute Gasteiger partial charge is 0.161 e. The summed E-state index contributed by atoms with van der Waals surface area (Å²) in [5.41, 5.74) is 3.69. The highest BCUT2D eigenvalue weighted by molar-refractivity contribution is 5.51. The molecule has 0 bridgehead atoms. The van der Waals surface area contributed by atoms with Crippen LogP contribution in [0.2, 0.25) is 0 Å². The van der Waals surface area contributed by atoms with Crippen LogP contribution in [0.15, 0.2) is 48.5 Å².